The van der Waals surface area contributed by atoms with Crippen molar-refractivity contribution in [2.24, 2.45) is 0 Å². The lowest BCUT2D eigenvalue weighted by Crippen LogP contribution is -2.25. The van der Waals surface area contributed by atoms with Crippen LogP contribution in [-0.2, 0) is 0 Å². The monoisotopic (exact) mass is 235 g/mol. The lowest BCUT2D eigenvalue weighted by molar-refractivity contribution is 0.504. The molecule has 1 aromatic rings. The number of anilines is 1. The van der Waals surface area contributed by atoms with Gasteiger partial charge in [0, 0.05) is 13.1 Å². The first kappa shape index (κ1) is 12.9. The van der Waals surface area contributed by atoms with Crippen molar-refractivity contribution in [1.82, 2.24) is 0 Å². The van der Waals surface area contributed by atoms with Crippen molar-refractivity contribution >= 4 is 5.69 Å². The smallest absolute Gasteiger partial charge is 0.183 e. The summed E-state index contributed by atoms with van der Waals surface area (Å²) >= 11 is 0. The van der Waals surface area contributed by atoms with Gasteiger partial charge in [-0.1, -0.05) is 0 Å². The molecule has 0 aliphatic carbocycles. The Morgan fingerprint density at radius 2 is 1.94 bits per heavy atom. The van der Waals surface area contributed by atoms with Gasteiger partial charge in [-0.05, 0) is 19.1 Å². The van der Waals surface area contributed by atoms with Gasteiger partial charge in [0.15, 0.2) is 11.6 Å². The van der Waals surface area contributed by atoms with Crippen molar-refractivity contribution in [2.75, 3.05) is 18.0 Å². The second kappa shape index (κ2) is 5.81. The van der Waals surface area contributed by atoms with E-state index < -0.39 is 11.6 Å². The van der Waals surface area contributed by atoms with Gasteiger partial charge in [0.25, 0.3) is 0 Å². The largest absolute Gasteiger partial charge is 0.368 e. The number of nitrogens with zero attached hydrogens (tertiary/aromatic N) is 3. The van der Waals surface area contributed by atoms with Crippen LogP contribution in [-0.4, -0.2) is 13.1 Å². The van der Waals surface area contributed by atoms with Crippen LogP contribution < -0.4 is 4.90 Å². The Balaban J connectivity index is 3.10. The van der Waals surface area contributed by atoms with Crippen molar-refractivity contribution in [3.63, 3.8) is 0 Å². The average Bonchev–Trinajstić information content (AvgIpc) is 2.35. The fourth-order valence-corrected chi connectivity index (χ4v) is 1.50. The van der Waals surface area contributed by atoms with E-state index in [9.17, 15) is 8.78 Å². The molecule has 0 spiro atoms. The van der Waals surface area contributed by atoms with Gasteiger partial charge in [0.2, 0.25) is 0 Å². The van der Waals surface area contributed by atoms with E-state index in [1.165, 1.54) is 12.1 Å². The first-order valence-electron chi connectivity index (χ1n) is 5.15. The average molecular weight is 235 g/mol. The molecule has 0 saturated heterocycles. The molecule has 0 N–H and O–H groups in total. The summed E-state index contributed by atoms with van der Waals surface area (Å²) in [6, 6.07) is 6.12. The number of hydrogen-bond donors (Lipinski definition) is 0. The molecule has 1 aromatic carbocycles. The zero-order valence-corrected chi connectivity index (χ0v) is 9.37. The number of nitriles is 2. The molecule has 0 bridgehead atoms. The van der Waals surface area contributed by atoms with Crippen LogP contribution in [0.25, 0.3) is 0 Å². The summed E-state index contributed by atoms with van der Waals surface area (Å²) in [5, 5.41) is 17.0. The van der Waals surface area contributed by atoms with Crippen molar-refractivity contribution in [1.29, 1.82) is 10.5 Å². The van der Waals surface area contributed by atoms with Gasteiger partial charge in [-0.3, -0.25) is 0 Å². The fraction of sp³-hybridized carbons (Fsp3) is 0.333. The summed E-state index contributed by atoms with van der Waals surface area (Å²) in [4.78, 5) is 1.56. The van der Waals surface area contributed by atoms with E-state index in [0.29, 0.717) is 13.1 Å². The summed E-state index contributed by atoms with van der Waals surface area (Å²) < 4.78 is 27.1. The fourth-order valence-electron chi connectivity index (χ4n) is 1.50. The van der Waals surface area contributed by atoms with E-state index in [1.807, 2.05) is 6.07 Å². The molecule has 0 unspecified atom stereocenters. The van der Waals surface area contributed by atoms with Crippen molar-refractivity contribution < 1.29 is 8.78 Å². The van der Waals surface area contributed by atoms with E-state index in [-0.39, 0.29) is 17.7 Å². The summed E-state index contributed by atoms with van der Waals surface area (Å²) in [5.41, 5.74) is -0.234. The number of halogens is 2. The lowest BCUT2D eigenvalue weighted by atomic mass is 10.1. The highest BCUT2D eigenvalue weighted by atomic mass is 19.2. The molecule has 0 aliphatic rings. The van der Waals surface area contributed by atoms with Gasteiger partial charge < -0.3 is 4.90 Å². The second-order valence-electron chi connectivity index (χ2n) is 3.36. The van der Waals surface area contributed by atoms with Gasteiger partial charge >= 0.3 is 0 Å². The molecule has 0 heterocycles. The van der Waals surface area contributed by atoms with Gasteiger partial charge in [0.05, 0.1) is 23.7 Å². The Morgan fingerprint density at radius 3 is 2.47 bits per heavy atom. The lowest BCUT2D eigenvalue weighted by Gasteiger charge is -2.22. The maximum Gasteiger partial charge on any atom is 0.183 e. The first-order valence-corrected chi connectivity index (χ1v) is 5.15. The molecule has 3 nitrogen and oxygen atoms in total. The summed E-state index contributed by atoms with van der Waals surface area (Å²) in [5.74, 6) is -2.18. The van der Waals surface area contributed by atoms with Crippen LogP contribution in [0.2, 0.25) is 0 Å². The molecule has 88 valence electrons. The summed E-state index contributed by atoms with van der Waals surface area (Å²) in [7, 11) is 0. The highest BCUT2D eigenvalue weighted by Crippen LogP contribution is 2.23. The van der Waals surface area contributed by atoms with E-state index in [1.54, 1.807) is 17.9 Å². The Labute approximate surface area is 98.5 Å². The third-order valence-corrected chi connectivity index (χ3v) is 2.40. The van der Waals surface area contributed by atoms with Crippen LogP contribution in [0.1, 0.15) is 18.9 Å². The molecule has 1 rings (SSSR count). The number of benzene rings is 1. The molecule has 0 radical (unpaired) electrons. The first-order chi connectivity index (χ1) is 8.15. The highest BCUT2D eigenvalue weighted by molar-refractivity contribution is 5.52. The molecule has 0 fully saturated rings. The molecule has 0 amide bonds. The Bertz CT molecular complexity index is 486. The minimum Gasteiger partial charge on any atom is -0.368 e. The molecule has 0 saturated carbocycles. The van der Waals surface area contributed by atoms with Crippen LogP contribution >= 0.6 is 0 Å². The maximum absolute atomic E-state index is 13.7. The minimum absolute atomic E-state index is 0.0826. The summed E-state index contributed by atoms with van der Waals surface area (Å²) in [6.07, 6.45) is 0.231. The third-order valence-electron chi connectivity index (χ3n) is 2.40. The van der Waals surface area contributed by atoms with E-state index >= 15 is 0 Å². The predicted octanol–water partition coefficient (Wildman–Crippen LogP) is 2.58. The quantitative estimate of drug-likeness (QED) is 0.805. The van der Waals surface area contributed by atoms with Crippen LogP contribution in [0, 0.1) is 34.3 Å². The van der Waals surface area contributed by atoms with Crippen molar-refractivity contribution in [3.8, 4) is 12.1 Å². The topological polar surface area (TPSA) is 50.8 Å². The number of rotatable bonds is 4. The molecule has 0 aliphatic heterocycles. The zero-order valence-electron chi connectivity index (χ0n) is 9.37. The van der Waals surface area contributed by atoms with Crippen LogP contribution in [0.15, 0.2) is 12.1 Å². The highest BCUT2D eigenvalue weighted by Gasteiger charge is 2.16. The molecular weight excluding hydrogens is 224 g/mol. The SMILES string of the molecule is CCN(CCC#N)c1ccc(C#N)c(F)c1F. The number of hydrogen-bond acceptors (Lipinski definition) is 3. The Kier molecular flexibility index (Phi) is 4.42. The van der Waals surface area contributed by atoms with Gasteiger partial charge in [-0.2, -0.15) is 10.5 Å². The summed E-state index contributed by atoms with van der Waals surface area (Å²) in [6.45, 7) is 2.58. The van der Waals surface area contributed by atoms with E-state index in [4.69, 9.17) is 10.5 Å². The van der Waals surface area contributed by atoms with Gasteiger partial charge in [-0.25, -0.2) is 8.78 Å². The third kappa shape index (κ3) is 2.70. The van der Waals surface area contributed by atoms with Crippen molar-refractivity contribution in [2.45, 2.75) is 13.3 Å². The Hall–Kier alpha value is -2.14. The zero-order chi connectivity index (χ0) is 12.8. The van der Waals surface area contributed by atoms with Crippen molar-refractivity contribution in [3.05, 3.63) is 29.3 Å². The van der Waals surface area contributed by atoms with Gasteiger partial charge in [-0.15, -0.1) is 0 Å². The van der Waals surface area contributed by atoms with Crippen LogP contribution in [0.5, 0.6) is 0 Å². The standard InChI is InChI=1S/C12H11F2N3/c1-2-17(7-3-6-15)10-5-4-9(8-16)11(13)12(10)14/h4-5H,2-3,7H2,1H3. The molecule has 0 atom stereocenters. The molecule has 17 heavy (non-hydrogen) atoms. The molecular formula is C12H11F2N3. The van der Waals surface area contributed by atoms with E-state index in [0.717, 1.165) is 0 Å². The molecule has 0 aromatic heterocycles. The minimum atomic E-state index is -1.14. The second-order valence-corrected chi connectivity index (χ2v) is 3.36. The van der Waals surface area contributed by atoms with Crippen LogP contribution in [0.3, 0.4) is 0 Å². The molecule has 5 heteroatoms. The Morgan fingerprint density at radius 1 is 1.24 bits per heavy atom. The maximum atomic E-state index is 13.7. The van der Waals surface area contributed by atoms with Crippen LogP contribution in [0.4, 0.5) is 14.5 Å². The predicted molar refractivity (Wildman–Crippen MR) is 59.2 cm³/mol. The van der Waals surface area contributed by atoms with E-state index in [2.05, 4.69) is 0 Å². The normalized spacial score (nSPS) is 9.47. The van der Waals surface area contributed by atoms with Gasteiger partial charge in [0.1, 0.15) is 6.07 Å².